The fourth-order valence-corrected chi connectivity index (χ4v) is 0.596. The van der Waals surface area contributed by atoms with E-state index in [1.165, 1.54) is 0 Å². The Balaban J connectivity index is 0. The van der Waals surface area contributed by atoms with Crippen molar-refractivity contribution in [1.82, 2.24) is 4.90 Å². The van der Waals surface area contributed by atoms with Crippen LogP contribution in [0.3, 0.4) is 0 Å². The summed E-state index contributed by atoms with van der Waals surface area (Å²) in [7, 11) is 3.61. The van der Waals surface area contributed by atoms with E-state index < -0.39 is 6.23 Å². The van der Waals surface area contributed by atoms with Gasteiger partial charge < -0.3 is 10.0 Å². The zero-order valence-electron chi connectivity index (χ0n) is 7.01. The van der Waals surface area contributed by atoms with Crippen LogP contribution < -0.4 is 34.7 Å². The summed E-state index contributed by atoms with van der Waals surface area (Å²) >= 11 is 0. The molecule has 0 saturated heterocycles. The molecule has 0 spiro atoms. The first kappa shape index (κ1) is 12.6. The molecule has 1 unspecified atom stereocenters. The minimum Gasteiger partial charge on any atom is -0.840 e. The summed E-state index contributed by atoms with van der Waals surface area (Å²) in [5, 5.41) is 10.9. The number of nitrogens with zero attached hydrogens (tertiary/aromatic N) is 1. The Kier molecular flexibility index (Phi) is 7.95. The van der Waals surface area contributed by atoms with E-state index in [1.807, 2.05) is 13.8 Å². The van der Waals surface area contributed by atoms with Crippen molar-refractivity contribution < 1.29 is 34.7 Å². The Morgan fingerprint density at radius 2 is 1.56 bits per heavy atom. The van der Waals surface area contributed by atoms with Crippen LogP contribution in [0, 0.1) is 5.92 Å². The van der Waals surface area contributed by atoms with Crippen LogP contribution in [0.2, 0.25) is 0 Å². The summed E-state index contributed by atoms with van der Waals surface area (Å²) in [6.07, 6.45) is -0.546. The van der Waals surface area contributed by atoms with Crippen molar-refractivity contribution in [3.63, 3.8) is 0 Å². The first-order chi connectivity index (χ1) is 3.55. The molecular formula is C6H14NNaO. The molecule has 0 aliphatic carbocycles. The zero-order valence-corrected chi connectivity index (χ0v) is 9.01. The van der Waals surface area contributed by atoms with Gasteiger partial charge in [-0.05, 0) is 20.0 Å². The number of hydrogen-bond donors (Lipinski definition) is 0. The van der Waals surface area contributed by atoms with Gasteiger partial charge in [-0.1, -0.05) is 20.1 Å². The third-order valence-corrected chi connectivity index (χ3v) is 1.08. The Bertz CT molecular complexity index is 58.1. The number of hydrogen-bond acceptors (Lipinski definition) is 2. The summed E-state index contributed by atoms with van der Waals surface area (Å²) in [4.78, 5) is 1.69. The fraction of sp³-hybridized carbons (Fsp3) is 1.00. The van der Waals surface area contributed by atoms with Crippen LogP contribution in [-0.2, 0) is 0 Å². The van der Waals surface area contributed by atoms with Crippen LogP contribution >= 0.6 is 0 Å². The van der Waals surface area contributed by atoms with E-state index in [0.717, 1.165) is 0 Å². The van der Waals surface area contributed by atoms with Gasteiger partial charge in [0.2, 0.25) is 0 Å². The molecule has 9 heavy (non-hydrogen) atoms. The molecule has 0 rings (SSSR count). The molecule has 2 nitrogen and oxygen atoms in total. The molecule has 0 aliphatic heterocycles. The Morgan fingerprint density at radius 1 is 1.22 bits per heavy atom. The molecule has 50 valence electrons. The van der Waals surface area contributed by atoms with Gasteiger partial charge in [-0.3, -0.25) is 0 Å². The Morgan fingerprint density at radius 3 is 1.56 bits per heavy atom. The first-order valence-electron chi connectivity index (χ1n) is 2.88. The molecule has 0 aromatic heterocycles. The van der Waals surface area contributed by atoms with E-state index in [4.69, 9.17) is 0 Å². The average molecular weight is 139 g/mol. The Labute approximate surface area is 79.5 Å². The second-order valence-electron chi connectivity index (χ2n) is 2.60. The smallest absolute Gasteiger partial charge is 0.840 e. The van der Waals surface area contributed by atoms with Crippen LogP contribution in [0.4, 0.5) is 0 Å². The molecule has 1 atom stereocenters. The maximum Gasteiger partial charge on any atom is 1.00 e. The standard InChI is InChI=1S/C6H14NO.Na/c1-5(2)6(8)7(3)4;/h5-6H,1-4H3;/q-1;+1. The predicted octanol–water partition coefficient (Wildman–Crippen LogP) is -3.11. The summed E-state index contributed by atoms with van der Waals surface area (Å²) in [5.41, 5.74) is 0. The molecule has 0 radical (unpaired) electrons. The number of rotatable bonds is 2. The normalized spacial score (nSPS) is 13.7. The van der Waals surface area contributed by atoms with Gasteiger partial charge >= 0.3 is 29.6 Å². The molecule has 3 heteroatoms. The minimum absolute atomic E-state index is 0. The van der Waals surface area contributed by atoms with E-state index in [2.05, 4.69) is 0 Å². The van der Waals surface area contributed by atoms with Gasteiger partial charge in [0.1, 0.15) is 0 Å². The second kappa shape index (κ2) is 5.69. The van der Waals surface area contributed by atoms with E-state index in [-0.39, 0.29) is 35.5 Å². The van der Waals surface area contributed by atoms with Crippen LogP contribution in [-0.4, -0.2) is 25.2 Å². The van der Waals surface area contributed by atoms with Gasteiger partial charge in [0, 0.05) is 0 Å². The van der Waals surface area contributed by atoms with Crippen LogP contribution in [0.5, 0.6) is 0 Å². The predicted molar refractivity (Wildman–Crippen MR) is 32.3 cm³/mol. The minimum atomic E-state index is -0.546. The van der Waals surface area contributed by atoms with E-state index in [0.29, 0.717) is 0 Å². The molecular weight excluding hydrogens is 125 g/mol. The van der Waals surface area contributed by atoms with Crippen molar-refractivity contribution in [2.24, 2.45) is 5.92 Å². The van der Waals surface area contributed by atoms with Crippen LogP contribution in [0.15, 0.2) is 0 Å². The van der Waals surface area contributed by atoms with Gasteiger partial charge in [-0.25, -0.2) is 0 Å². The molecule has 0 aromatic carbocycles. The van der Waals surface area contributed by atoms with E-state index >= 15 is 0 Å². The molecule has 0 amide bonds. The van der Waals surface area contributed by atoms with Crippen LogP contribution in [0.25, 0.3) is 0 Å². The first-order valence-corrected chi connectivity index (χ1v) is 2.88. The summed E-state index contributed by atoms with van der Waals surface area (Å²) in [6, 6.07) is 0. The molecule has 0 N–H and O–H groups in total. The van der Waals surface area contributed by atoms with Crippen molar-refractivity contribution >= 4 is 0 Å². The van der Waals surface area contributed by atoms with Gasteiger partial charge in [-0.2, -0.15) is 0 Å². The van der Waals surface area contributed by atoms with E-state index in [1.54, 1.807) is 19.0 Å². The monoisotopic (exact) mass is 139 g/mol. The largest absolute Gasteiger partial charge is 1.00 e. The van der Waals surface area contributed by atoms with Gasteiger partial charge in [0.25, 0.3) is 0 Å². The third kappa shape index (κ3) is 5.37. The van der Waals surface area contributed by atoms with Crippen molar-refractivity contribution in [3.05, 3.63) is 0 Å². The molecule has 0 aliphatic rings. The van der Waals surface area contributed by atoms with Crippen molar-refractivity contribution in [3.8, 4) is 0 Å². The van der Waals surface area contributed by atoms with Crippen molar-refractivity contribution in [1.29, 1.82) is 0 Å². The van der Waals surface area contributed by atoms with Crippen molar-refractivity contribution in [2.75, 3.05) is 14.1 Å². The summed E-state index contributed by atoms with van der Waals surface area (Å²) in [5.74, 6) is 0.213. The zero-order chi connectivity index (χ0) is 6.73. The van der Waals surface area contributed by atoms with Gasteiger partial charge in [-0.15, -0.1) is 0 Å². The molecule has 0 saturated carbocycles. The molecule has 0 heterocycles. The third-order valence-electron chi connectivity index (χ3n) is 1.08. The molecule has 0 bridgehead atoms. The SMILES string of the molecule is CC(C)C([O-])N(C)C.[Na+]. The molecule has 0 fully saturated rings. The van der Waals surface area contributed by atoms with Gasteiger partial charge in [0.15, 0.2) is 0 Å². The van der Waals surface area contributed by atoms with E-state index in [9.17, 15) is 5.11 Å². The maximum atomic E-state index is 10.9. The molecule has 0 aromatic rings. The topological polar surface area (TPSA) is 26.3 Å². The quantitative estimate of drug-likeness (QED) is 0.299. The van der Waals surface area contributed by atoms with Gasteiger partial charge in [0.05, 0.1) is 0 Å². The Hall–Kier alpha value is 0.920. The average Bonchev–Trinajstić information content (AvgIpc) is 1.64. The van der Waals surface area contributed by atoms with Crippen LogP contribution in [0.1, 0.15) is 13.8 Å². The maximum absolute atomic E-state index is 10.9. The summed E-state index contributed by atoms with van der Waals surface area (Å²) < 4.78 is 0. The summed E-state index contributed by atoms with van der Waals surface area (Å²) in [6.45, 7) is 3.86. The second-order valence-corrected chi connectivity index (χ2v) is 2.60. The fourth-order valence-electron chi connectivity index (χ4n) is 0.596. The van der Waals surface area contributed by atoms with Crippen molar-refractivity contribution in [2.45, 2.75) is 20.1 Å².